The maximum Gasteiger partial charge on any atom is 0.308 e. The molecule has 96 valence electrons. The largest absolute Gasteiger partial charge is 0.481 e. The van der Waals surface area contributed by atoms with Gasteiger partial charge in [-0.3, -0.25) is 14.4 Å². The number of carboxylic acids is 1. The number of nitrogens with one attached hydrogen (secondary N) is 1. The Bertz CT molecular complexity index is 327. The molecule has 0 aromatic heterocycles. The van der Waals surface area contributed by atoms with E-state index in [0.717, 1.165) is 0 Å². The number of rotatable bonds is 5. The van der Waals surface area contributed by atoms with Crippen molar-refractivity contribution in [1.29, 1.82) is 0 Å². The molecule has 2 amide bonds. The first kappa shape index (κ1) is 13.5. The smallest absolute Gasteiger partial charge is 0.308 e. The second-order valence-corrected chi connectivity index (χ2v) is 4.71. The number of amides is 2. The number of hydrogen-bond donors (Lipinski definition) is 2. The zero-order valence-corrected chi connectivity index (χ0v) is 10.1. The summed E-state index contributed by atoms with van der Waals surface area (Å²) in [4.78, 5) is 34.9. The first-order chi connectivity index (χ1) is 7.90. The summed E-state index contributed by atoms with van der Waals surface area (Å²) in [6.45, 7) is 4.59. The highest BCUT2D eigenvalue weighted by Crippen LogP contribution is 2.17. The van der Waals surface area contributed by atoms with E-state index < -0.39 is 11.9 Å². The molecule has 1 heterocycles. The summed E-state index contributed by atoms with van der Waals surface area (Å²) in [6, 6.07) is 0. The van der Waals surface area contributed by atoms with Crippen LogP contribution in [0.1, 0.15) is 20.3 Å². The van der Waals surface area contributed by atoms with Crippen molar-refractivity contribution in [3.8, 4) is 0 Å². The summed E-state index contributed by atoms with van der Waals surface area (Å²) in [5.41, 5.74) is 0. The molecule has 0 aromatic rings. The van der Waals surface area contributed by atoms with Crippen molar-refractivity contribution < 1.29 is 19.5 Å². The molecule has 0 aromatic carbocycles. The van der Waals surface area contributed by atoms with Crippen LogP contribution < -0.4 is 5.32 Å². The van der Waals surface area contributed by atoms with Gasteiger partial charge in [-0.1, -0.05) is 13.8 Å². The van der Waals surface area contributed by atoms with Crippen molar-refractivity contribution in [3.63, 3.8) is 0 Å². The molecule has 2 N–H and O–H groups in total. The maximum absolute atomic E-state index is 11.5. The van der Waals surface area contributed by atoms with Crippen LogP contribution in [0.5, 0.6) is 0 Å². The fraction of sp³-hybridized carbons (Fsp3) is 0.727. The third kappa shape index (κ3) is 4.05. The van der Waals surface area contributed by atoms with Crippen molar-refractivity contribution in [2.75, 3.05) is 19.6 Å². The zero-order valence-electron chi connectivity index (χ0n) is 10.1. The Morgan fingerprint density at radius 1 is 1.53 bits per heavy atom. The molecule has 0 bridgehead atoms. The Labute approximate surface area is 100.0 Å². The van der Waals surface area contributed by atoms with Gasteiger partial charge >= 0.3 is 5.97 Å². The minimum absolute atomic E-state index is 0.00715. The first-order valence-corrected chi connectivity index (χ1v) is 5.67. The predicted molar refractivity (Wildman–Crippen MR) is 60.2 cm³/mol. The number of likely N-dealkylation sites (tertiary alicyclic amines) is 1. The van der Waals surface area contributed by atoms with Gasteiger partial charge < -0.3 is 15.3 Å². The second-order valence-electron chi connectivity index (χ2n) is 4.71. The molecule has 17 heavy (non-hydrogen) atoms. The molecule has 0 radical (unpaired) electrons. The molecular formula is C11H18N2O4. The third-order valence-electron chi connectivity index (χ3n) is 2.61. The van der Waals surface area contributed by atoms with Crippen molar-refractivity contribution >= 4 is 17.8 Å². The highest BCUT2D eigenvalue weighted by atomic mass is 16.4. The minimum atomic E-state index is -0.983. The number of carbonyl (C=O) groups excluding carboxylic acids is 2. The van der Waals surface area contributed by atoms with Crippen LogP contribution in [0.3, 0.4) is 0 Å². The monoisotopic (exact) mass is 242 g/mol. The molecule has 1 saturated heterocycles. The number of carboxylic acid groups (broad SMARTS) is 1. The summed E-state index contributed by atoms with van der Waals surface area (Å²) in [6.07, 6.45) is -0.00715. The Balaban J connectivity index is 2.39. The van der Waals surface area contributed by atoms with Crippen LogP contribution in [0.25, 0.3) is 0 Å². The molecule has 6 heteroatoms. The quantitative estimate of drug-likeness (QED) is 0.692. The number of nitrogens with zero attached hydrogens (tertiary/aromatic N) is 1. The van der Waals surface area contributed by atoms with E-state index in [-0.39, 0.29) is 31.3 Å². The molecule has 0 aliphatic carbocycles. The molecule has 0 saturated carbocycles. The first-order valence-electron chi connectivity index (χ1n) is 5.67. The zero-order chi connectivity index (χ0) is 13.0. The summed E-state index contributed by atoms with van der Waals surface area (Å²) >= 11 is 0. The third-order valence-corrected chi connectivity index (χ3v) is 2.61. The van der Waals surface area contributed by atoms with Gasteiger partial charge in [0, 0.05) is 19.5 Å². The van der Waals surface area contributed by atoms with Crippen molar-refractivity contribution in [2.24, 2.45) is 11.8 Å². The van der Waals surface area contributed by atoms with Gasteiger partial charge in [0.1, 0.15) is 0 Å². The van der Waals surface area contributed by atoms with Gasteiger partial charge in [-0.2, -0.15) is 0 Å². The van der Waals surface area contributed by atoms with Crippen LogP contribution in [0, 0.1) is 11.8 Å². The number of hydrogen-bond acceptors (Lipinski definition) is 3. The Morgan fingerprint density at radius 3 is 2.65 bits per heavy atom. The molecule has 1 rings (SSSR count). The van der Waals surface area contributed by atoms with Crippen LogP contribution in [-0.4, -0.2) is 47.4 Å². The molecule has 6 nitrogen and oxygen atoms in total. The Hall–Kier alpha value is -1.59. The summed E-state index contributed by atoms with van der Waals surface area (Å²) in [5, 5.41) is 11.5. The SMILES string of the molecule is CC(C)CNC(=O)CN1CC(C(=O)O)CC1=O. The summed E-state index contributed by atoms with van der Waals surface area (Å²) < 4.78 is 0. The van der Waals surface area contributed by atoms with Crippen molar-refractivity contribution in [2.45, 2.75) is 20.3 Å². The van der Waals surface area contributed by atoms with Gasteiger partial charge in [-0.15, -0.1) is 0 Å². The average molecular weight is 242 g/mol. The highest BCUT2D eigenvalue weighted by Gasteiger charge is 2.34. The molecular weight excluding hydrogens is 224 g/mol. The fourth-order valence-corrected chi connectivity index (χ4v) is 1.64. The van der Waals surface area contributed by atoms with Crippen molar-refractivity contribution in [1.82, 2.24) is 10.2 Å². The van der Waals surface area contributed by atoms with Crippen molar-refractivity contribution in [3.05, 3.63) is 0 Å². The molecule has 1 aliphatic heterocycles. The lowest BCUT2D eigenvalue weighted by Gasteiger charge is -2.16. The molecule has 0 spiro atoms. The Morgan fingerprint density at radius 2 is 2.18 bits per heavy atom. The van der Waals surface area contributed by atoms with Gasteiger partial charge in [-0.05, 0) is 5.92 Å². The van der Waals surface area contributed by atoms with Gasteiger partial charge in [0.25, 0.3) is 0 Å². The van der Waals surface area contributed by atoms with E-state index in [1.807, 2.05) is 13.8 Å². The number of aliphatic carboxylic acids is 1. The average Bonchev–Trinajstić information content (AvgIpc) is 2.58. The standard InChI is InChI=1S/C11H18N2O4/c1-7(2)4-12-9(14)6-13-5-8(11(16)17)3-10(13)15/h7-8H,3-6H2,1-2H3,(H,12,14)(H,16,17). The lowest BCUT2D eigenvalue weighted by atomic mass is 10.1. The lowest BCUT2D eigenvalue weighted by Crippen LogP contribution is -2.39. The maximum atomic E-state index is 11.5. The van der Waals surface area contributed by atoms with E-state index >= 15 is 0 Å². The highest BCUT2D eigenvalue weighted by molar-refractivity contribution is 5.89. The molecule has 1 aliphatic rings. The van der Waals surface area contributed by atoms with Gasteiger partial charge in [0.15, 0.2) is 0 Å². The van der Waals surface area contributed by atoms with E-state index in [4.69, 9.17) is 5.11 Å². The van der Waals surface area contributed by atoms with Crippen LogP contribution in [0.15, 0.2) is 0 Å². The van der Waals surface area contributed by atoms with Gasteiger partial charge in [0.05, 0.1) is 12.5 Å². The van der Waals surface area contributed by atoms with E-state index in [0.29, 0.717) is 12.5 Å². The molecule has 1 atom stereocenters. The molecule has 1 unspecified atom stereocenters. The lowest BCUT2D eigenvalue weighted by molar-refractivity contribution is -0.141. The van der Waals surface area contributed by atoms with Gasteiger partial charge in [-0.25, -0.2) is 0 Å². The van der Waals surface area contributed by atoms with Crippen LogP contribution in [0.4, 0.5) is 0 Å². The fourth-order valence-electron chi connectivity index (χ4n) is 1.64. The van der Waals surface area contributed by atoms with E-state index in [2.05, 4.69) is 5.32 Å². The van der Waals surface area contributed by atoms with E-state index in [1.165, 1.54) is 4.90 Å². The predicted octanol–water partition coefficient (Wildman–Crippen LogP) is -0.308. The summed E-state index contributed by atoms with van der Waals surface area (Å²) in [5.74, 6) is -1.82. The summed E-state index contributed by atoms with van der Waals surface area (Å²) in [7, 11) is 0. The minimum Gasteiger partial charge on any atom is -0.481 e. The van der Waals surface area contributed by atoms with E-state index in [9.17, 15) is 14.4 Å². The second kappa shape index (κ2) is 5.65. The molecule has 1 fully saturated rings. The Kier molecular flexibility index (Phi) is 4.48. The topological polar surface area (TPSA) is 86.7 Å². The normalized spacial score (nSPS) is 19.8. The van der Waals surface area contributed by atoms with Gasteiger partial charge in [0.2, 0.25) is 11.8 Å². The van der Waals surface area contributed by atoms with Crippen LogP contribution >= 0.6 is 0 Å². The van der Waals surface area contributed by atoms with Crippen LogP contribution in [-0.2, 0) is 14.4 Å². The van der Waals surface area contributed by atoms with E-state index in [1.54, 1.807) is 0 Å². The number of carbonyl (C=O) groups is 3. The van der Waals surface area contributed by atoms with Crippen LogP contribution in [0.2, 0.25) is 0 Å².